The van der Waals surface area contributed by atoms with Crippen LogP contribution in [0.3, 0.4) is 0 Å². The minimum Gasteiger partial charge on any atom is -1.00 e. The predicted molar refractivity (Wildman–Crippen MR) is 274 cm³/mol. The largest absolute Gasteiger partial charge is 1.00 e. The van der Waals surface area contributed by atoms with Gasteiger partial charge in [-0.2, -0.15) is 25.6 Å². The molecule has 2 N–H and O–H groups in total. The van der Waals surface area contributed by atoms with Gasteiger partial charge in [0.1, 0.15) is 57.9 Å². The SMILES string of the molecule is Cc1cn(-c2ccccc2C#N)c(C)n1.Cc1cnc(C)[nH]1.Cc1nc(C)n(-c2ccccc2C#N)c1Br.Cc1nc(C)n(-c2ccccc2C#N)c1[N+](=O)[O-].N#Cc1ccccc1F.O=[N+]([O-])O.[B]=NS.[H-].[Na+]. The van der Waals surface area contributed by atoms with Crippen molar-refractivity contribution < 1.29 is 50.6 Å². The van der Waals surface area contributed by atoms with Gasteiger partial charge in [-0.05, 0) is 118 Å². The number of thiol groups is 1. The van der Waals surface area contributed by atoms with Crippen LogP contribution in [0.1, 0.15) is 69.8 Å². The van der Waals surface area contributed by atoms with Crippen LogP contribution in [-0.4, -0.2) is 61.5 Å². The molecule has 4 aromatic carbocycles. The van der Waals surface area contributed by atoms with E-state index in [1.54, 1.807) is 62.4 Å². The fourth-order valence-electron chi connectivity index (χ4n) is 6.34. The average molecular weight is 1080 g/mol. The van der Waals surface area contributed by atoms with Crippen molar-refractivity contribution in [2.24, 2.45) is 4.30 Å². The van der Waals surface area contributed by atoms with E-state index in [4.69, 9.17) is 36.4 Å². The Bertz CT molecular complexity index is 3300. The minimum absolute atomic E-state index is 0. The Morgan fingerprint density at radius 1 is 0.699 bits per heavy atom. The fraction of sp³-hybridized carbons (Fsp3) is 0.167. The molecule has 0 unspecified atom stereocenters. The van der Waals surface area contributed by atoms with Gasteiger partial charge in [-0.3, -0.25) is 4.57 Å². The number of para-hydroxylation sites is 3. The number of aryl methyl sites for hydroxylation is 8. The number of H-pyrrole nitrogens is 1. The first-order valence-corrected chi connectivity index (χ1v) is 21.8. The monoisotopic (exact) mass is 1080 g/mol. The van der Waals surface area contributed by atoms with Gasteiger partial charge >= 0.3 is 60.1 Å². The number of aromatic amines is 1. The molecule has 20 nitrogen and oxygen atoms in total. The van der Waals surface area contributed by atoms with Crippen molar-refractivity contribution in [3.05, 3.63) is 208 Å². The zero-order valence-electron chi connectivity index (χ0n) is 42.0. The molecule has 4 aromatic heterocycles. The summed E-state index contributed by atoms with van der Waals surface area (Å²) in [5.74, 6) is 2.68. The number of rotatable bonds is 4. The minimum atomic E-state index is -1.50. The number of benzene rings is 4. The zero-order chi connectivity index (χ0) is 54.1. The Kier molecular flexibility index (Phi) is 27.6. The quantitative estimate of drug-likeness (QED) is 0.0669. The normalized spacial score (nSPS) is 9.18. The van der Waals surface area contributed by atoms with Crippen molar-refractivity contribution in [3.8, 4) is 41.3 Å². The number of nitrogens with one attached hydrogen (secondary N) is 1. The number of nitriles is 4. The van der Waals surface area contributed by atoms with Gasteiger partial charge in [0.15, 0.2) is 11.5 Å². The van der Waals surface area contributed by atoms with E-state index in [0.717, 1.165) is 50.5 Å². The molecule has 25 heteroatoms. The van der Waals surface area contributed by atoms with Crippen LogP contribution >= 0.6 is 28.7 Å². The number of hydrogen-bond donors (Lipinski definition) is 3. The van der Waals surface area contributed by atoms with Gasteiger partial charge in [-0.25, -0.2) is 24.3 Å². The van der Waals surface area contributed by atoms with Gasteiger partial charge < -0.3 is 26.3 Å². The number of nitrogens with zero attached hydrogens (tertiary/aromatic N) is 14. The van der Waals surface area contributed by atoms with Gasteiger partial charge in [-0.1, -0.05) is 48.5 Å². The molecule has 0 aliphatic heterocycles. The van der Waals surface area contributed by atoms with Gasteiger partial charge in [0.25, 0.3) is 5.09 Å². The maximum absolute atomic E-state index is 12.4. The second-order valence-corrected chi connectivity index (χ2v) is 15.3. The van der Waals surface area contributed by atoms with Crippen molar-refractivity contribution in [1.29, 1.82) is 21.0 Å². The first-order chi connectivity index (χ1) is 34.2. The maximum atomic E-state index is 12.4. The molecule has 4 heterocycles. The molecule has 0 saturated heterocycles. The van der Waals surface area contributed by atoms with Gasteiger partial charge in [0, 0.05) is 25.0 Å². The second kappa shape index (κ2) is 32.0. The molecule has 0 aliphatic carbocycles. The summed E-state index contributed by atoms with van der Waals surface area (Å²) in [6.45, 7) is 14.9. The Labute approximate surface area is 458 Å². The molecule has 1 radical (unpaired) electrons. The van der Waals surface area contributed by atoms with Crippen LogP contribution in [0.4, 0.5) is 10.2 Å². The summed E-state index contributed by atoms with van der Waals surface area (Å²) in [5.41, 5.74) is 7.34. The molecular formula is C48H46BBrFN15NaO5S. The third-order valence-electron chi connectivity index (χ3n) is 9.15. The molecule has 0 amide bonds. The molecule has 367 valence electrons. The van der Waals surface area contributed by atoms with Gasteiger partial charge in [-0.15, -0.1) is 10.1 Å². The maximum Gasteiger partial charge on any atom is 1.00 e. The molecule has 8 aromatic rings. The van der Waals surface area contributed by atoms with Crippen molar-refractivity contribution in [2.75, 3.05) is 0 Å². The van der Waals surface area contributed by atoms with Crippen molar-refractivity contribution >= 4 is 42.2 Å². The Morgan fingerprint density at radius 2 is 1.10 bits per heavy atom. The molecule has 0 saturated carbocycles. The van der Waals surface area contributed by atoms with Crippen molar-refractivity contribution in [3.63, 3.8) is 0 Å². The van der Waals surface area contributed by atoms with Crippen LogP contribution in [0.25, 0.3) is 17.1 Å². The van der Waals surface area contributed by atoms with E-state index in [2.05, 4.69) is 77.7 Å². The molecule has 0 aliphatic rings. The first-order valence-electron chi connectivity index (χ1n) is 20.6. The van der Waals surface area contributed by atoms with Gasteiger partial charge in [0.05, 0.1) is 45.0 Å². The Morgan fingerprint density at radius 3 is 1.44 bits per heavy atom. The standard InChI is InChI=1S/C12H10BrN3.C12H10N4O2.C12H11N3.C7H4FN.C5H8N2.BHNS.HNO3.Na.H/c1-8-12(13)16(9(2)15-8)11-6-4-3-5-10(11)7-14;1-8-12(16(17)18)15(9(2)14-8)11-6-4-3-5-10(11)7-13;1-9-8-15(10(2)14-9)12-6-4-3-5-11(12)7-13;8-7-4-2-1-3-6(7)5-9;1-4-3-6-5(2)7-4;1-2-3;2-1(3)4;;/h3-6H,1-2H3;3-6H,1-2H3;3-6,8H,1-2H3;1-4H;3H,1-2H3,(H,6,7);3H;(H,2,3,4);;/q;;;;;;;+1;-1. The van der Waals surface area contributed by atoms with E-state index in [1.807, 2.05) is 112 Å². The van der Waals surface area contributed by atoms with Crippen molar-refractivity contribution in [1.82, 2.24) is 38.6 Å². The van der Waals surface area contributed by atoms with Gasteiger partial charge in [0.2, 0.25) is 0 Å². The third kappa shape index (κ3) is 19.2. The molecular weight excluding hydrogens is 1030 g/mol. The van der Waals surface area contributed by atoms with Crippen LogP contribution in [0.15, 0.2) is 118 Å². The number of aromatic nitrogens is 8. The second-order valence-electron chi connectivity index (χ2n) is 14.3. The van der Waals surface area contributed by atoms with E-state index >= 15 is 0 Å². The zero-order valence-corrected chi connectivity index (χ0v) is 45.5. The summed E-state index contributed by atoms with van der Waals surface area (Å²) in [7, 11) is 4.34. The van der Waals surface area contributed by atoms with Crippen LogP contribution < -0.4 is 29.6 Å². The predicted octanol–water partition coefficient (Wildman–Crippen LogP) is 7.43. The molecule has 0 spiro atoms. The molecule has 0 atom stereocenters. The summed E-state index contributed by atoms with van der Waals surface area (Å²) in [4.78, 5) is 38.7. The summed E-state index contributed by atoms with van der Waals surface area (Å²) in [5, 5.41) is 60.1. The third-order valence-corrected chi connectivity index (χ3v) is 10.1. The summed E-state index contributed by atoms with van der Waals surface area (Å²) in [6, 6.07) is 35.7. The van der Waals surface area contributed by atoms with E-state index in [0.29, 0.717) is 33.9 Å². The molecule has 73 heavy (non-hydrogen) atoms. The van der Waals surface area contributed by atoms with Crippen molar-refractivity contribution in [2.45, 2.75) is 55.4 Å². The first kappa shape index (κ1) is 62.9. The van der Waals surface area contributed by atoms with Crippen LogP contribution in [-0.2, 0) is 0 Å². The molecule has 0 bridgehead atoms. The van der Waals surface area contributed by atoms with E-state index < -0.39 is 15.8 Å². The summed E-state index contributed by atoms with van der Waals surface area (Å²) >= 11 is 6.68. The van der Waals surface area contributed by atoms with Crippen LogP contribution in [0, 0.1) is 127 Å². The summed E-state index contributed by atoms with van der Waals surface area (Å²) in [6.07, 6.45) is 3.75. The molecule has 0 fully saturated rings. The Balaban J connectivity index is 0.000000889. The summed E-state index contributed by atoms with van der Waals surface area (Å²) < 4.78 is 21.2. The topological polar surface area (TPSA) is 296 Å². The number of nitro groups is 1. The fourth-order valence-corrected chi connectivity index (χ4v) is 6.88. The number of imidazole rings is 4. The number of hydrogen-bond acceptors (Lipinski definition) is 14. The van der Waals surface area contributed by atoms with E-state index in [1.165, 1.54) is 16.7 Å². The Hall–Kier alpha value is -8.10. The van der Waals surface area contributed by atoms with E-state index in [9.17, 15) is 14.5 Å². The molecule has 8 rings (SSSR count). The van der Waals surface area contributed by atoms with E-state index in [-0.39, 0.29) is 42.4 Å². The van der Waals surface area contributed by atoms with Crippen LogP contribution in [0.2, 0.25) is 0 Å². The number of halogens is 2. The average Bonchev–Trinajstić information content (AvgIpc) is 4.07. The smallest absolute Gasteiger partial charge is 1.00 e. The van der Waals surface area contributed by atoms with Crippen LogP contribution in [0.5, 0.6) is 0 Å².